The Hall–Kier alpha value is -1.95. The van der Waals surface area contributed by atoms with Gasteiger partial charge >= 0.3 is 6.18 Å². The van der Waals surface area contributed by atoms with Crippen molar-refractivity contribution in [1.82, 2.24) is 0 Å². The number of benzene rings is 1. The van der Waals surface area contributed by atoms with Crippen LogP contribution in [0.2, 0.25) is 5.02 Å². The lowest BCUT2D eigenvalue weighted by molar-refractivity contribution is -0.152. The summed E-state index contributed by atoms with van der Waals surface area (Å²) in [6.45, 7) is 0. The van der Waals surface area contributed by atoms with Gasteiger partial charge in [0.1, 0.15) is 5.76 Å². The van der Waals surface area contributed by atoms with Gasteiger partial charge in [-0.2, -0.15) is 13.2 Å². The maximum Gasteiger partial charge on any atom is 0.449 e. The Kier molecular flexibility index (Phi) is 3.28. The molecule has 2 aromatic rings. The highest BCUT2D eigenvalue weighted by Crippen LogP contribution is 2.38. The van der Waals surface area contributed by atoms with Crippen molar-refractivity contribution in [3.8, 4) is 11.3 Å². The SMILES string of the molecule is NC(=O)c1cc(C(F)(F)F)oc1-c1ccccc1Cl. The molecule has 1 heterocycles. The molecule has 7 heteroatoms. The number of halogens is 4. The second-order valence-corrected chi connectivity index (χ2v) is 4.10. The lowest BCUT2D eigenvalue weighted by Gasteiger charge is -2.03. The summed E-state index contributed by atoms with van der Waals surface area (Å²) in [5, 5.41) is 0.160. The second-order valence-electron chi connectivity index (χ2n) is 3.70. The first-order valence-corrected chi connectivity index (χ1v) is 5.44. The van der Waals surface area contributed by atoms with Gasteiger partial charge in [-0.3, -0.25) is 4.79 Å². The van der Waals surface area contributed by atoms with Crippen LogP contribution in [0.3, 0.4) is 0 Å². The van der Waals surface area contributed by atoms with E-state index in [4.69, 9.17) is 21.8 Å². The molecule has 0 aliphatic heterocycles. The van der Waals surface area contributed by atoms with E-state index >= 15 is 0 Å². The number of furan rings is 1. The Balaban J connectivity index is 2.66. The average molecular weight is 290 g/mol. The second kappa shape index (κ2) is 4.62. The predicted molar refractivity (Wildman–Crippen MR) is 62.7 cm³/mol. The molecule has 0 saturated heterocycles. The quantitative estimate of drug-likeness (QED) is 0.916. The predicted octanol–water partition coefficient (Wildman–Crippen LogP) is 3.72. The van der Waals surface area contributed by atoms with E-state index in [-0.39, 0.29) is 21.9 Å². The van der Waals surface area contributed by atoms with Crippen LogP contribution in [0.15, 0.2) is 34.7 Å². The highest BCUT2D eigenvalue weighted by atomic mass is 35.5. The van der Waals surface area contributed by atoms with Crippen molar-refractivity contribution in [2.75, 3.05) is 0 Å². The summed E-state index contributed by atoms with van der Waals surface area (Å²) in [5.41, 5.74) is 4.86. The number of carbonyl (C=O) groups excluding carboxylic acids is 1. The first-order chi connectivity index (χ1) is 8.80. The lowest BCUT2D eigenvalue weighted by Crippen LogP contribution is -2.11. The Morgan fingerprint density at radius 1 is 1.26 bits per heavy atom. The molecule has 0 atom stereocenters. The minimum absolute atomic E-state index is 0.160. The zero-order valence-electron chi connectivity index (χ0n) is 9.29. The summed E-state index contributed by atoms with van der Waals surface area (Å²) in [5.74, 6) is -2.60. The first kappa shape index (κ1) is 13.5. The topological polar surface area (TPSA) is 56.2 Å². The van der Waals surface area contributed by atoms with Crippen molar-refractivity contribution < 1.29 is 22.4 Å². The molecule has 0 radical (unpaired) electrons. The van der Waals surface area contributed by atoms with Crippen LogP contribution in [0.1, 0.15) is 16.1 Å². The summed E-state index contributed by atoms with van der Waals surface area (Å²) in [7, 11) is 0. The summed E-state index contributed by atoms with van der Waals surface area (Å²) in [6.07, 6.45) is -4.70. The van der Waals surface area contributed by atoms with Gasteiger partial charge in [-0.05, 0) is 12.1 Å². The van der Waals surface area contributed by atoms with Crippen LogP contribution in [-0.4, -0.2) is 5.91 Å². The molecular weight excluding hydrogens is 283 g/mol. The molecule has 0 saturated carbocycles. The van der Waals surface area contributed by atoms with E-state index in [1.54, 1.807) is 12.1 Å². The molecule has 1 amide bonds. The smallest absolute Gasteiger partial charge is 0.449 e. The third kappa shape index (κ3) is 2.58. The highest BCUT2D eigenvalue weighted by molar-refractivity contribution is 6.33. The summed E-state index contributed by atoms with van der Waals surface area (Å²) in [4.78, 5) is 11.2. The van der Waals surface area contributed by atoms with E-state index < -0.39 is 17.8 Å². The largest absolute Gasteiger partial charge is 0.451 e. The van der Waals surface area contributed by atoms with Crippen molar-refractivity contribution in [2.45, 2.75) is 6.18 Å². The molecule has 2 rings (SSSR count). The molecular formula is C12H7ClF3NO2. The van der Waals surface area contributed by atoms with Crippen LogP contribution in [0.5, 0.6) is 0 Å². The van der Waals surface area contributed by atoms with Gasteiger partial charge in [0.15, 0.2) is 0 Å². The van der Waals surface area contributed by atoms with Gasteiger partial charge in [-0.25, -0.2) is 0 Å². The van der Waals surface area contributed by atoms with Crippen molar-refractivity contribution in [2.24, 2.45) is 5.73 Å². The van der Waals surface area contributed by atoms with Crippen LogP contribution in [0, 0.1) is 0 Å². The Morgan fingerprint density at radius 2 is 1.89 bits per heavy atom. The van der Waals surface area contributed by atoms with Gasteiger partial charge < -0.3 is 10.2 Å². The molecule has 1 aromatic carbocycles. The maximum absolute atomic E-state index is 12.6. The number of hydrogen-bond donors (Lipinski definition) is 1. The lowest BCUT2D eigenvalue weighted by atomic mass is 10.1. The van der Waals surface area contributed by atoms with E-state index in [0.717, 1.165) is 0 Å². The van der Waals surface area contributed by atoms with E-state index in [9.17, 15) is 18.0 Å². The number of primary amides is 1. The minimum Gasteiger partial charge on any atom is -0.451 e. The zero-order chi connectivity index (χ0) is 14.2. The molecule has 0 spiro atoms. The normalized spacial score (nSPS) is 11.6. The van der Waals surface area contributed by atoms with Gasteiger partial charge in [0.2, 0.25) is 5.76 Å². The third-order valence-corrected chi connectivity index (χ3v) is 2.72. The van der Waals surface area contributed by atoms with E-state index in [1.165, 1.54) is 12.1 Å². The molecule has 0 unspecified atom stereocenters. The Bertz CT molecular complexity index is 634. The molecule has 0 aliphatic carbocycles. The summed E-state index contributed by atoms with van der Waals surface area (Å²) < 4.78 is 42.4. The van der Waals surface area contributed by atoms with Gasteiger partial charge in [0.05, 0.1) is 10.6 Å². The molecule has 100 valence electrons. The molecule has 0 aliphatic rings. The zero-order valence-corrected chi connectivity index (χ0v) is 10.0. The van der Waals surface area contributed by atoms with Crippen molar-refractivity contribution in [3.05, 3.63) is 46.7 Å². The van der Waals surface area contributed by atoms with Crippen LogP contribution in [0.4, 0.5) is 13.2 Å². The van der Waals surface area contributed by atoms with Crippen LogP contribution in [0.25, 0.3) is 11.3 Å². The first-order valence-electron chi connectivity index (χ1n) is 5.06. The fourth-order valence-corrected chi connectivity index (χ4v) is 1.78. The fourth-order valence-electron chi connectivity index (χ4n) is 1.56. The molecule has 3 nitrogen and oxygen atoms in total. The summed E-state index contributed by atoms with van der Waals surface area (Å²) >= 11 is 5.87. The minimum atomic E-state index is -4.70. The fraction of sp³-hybridized carbons (Fsp3) is 0.0833. The molecule has 0 bridgehead atoms. The van der Waals surface area contributed by atoms with E-state index in [1.807, 2.05) is 0 Å². The van der Waals surface area contributed by atoms with E-state index in [0.29, 0.717) is 6.07 Å². The number of carbonyl (C=O) groups is 1. The third-order valence-electron chi connectivity index (χ3n) is 2.40. The van der Waals surface area contributed by atoms with Gasteiger partial charge in [0.25, 0.3) is 5.91 Å². The van der Waals surface area contributed by atoms with Crippen LogP contribution in [-0.2, 0) is 6.18 Å². The summed E-state index contributed by atoms with van der Waals surface area (Å²) in [6, 6.07) is 6.64. The van der Waals surface area contributed by atoms with Crippen molar-refractivity contribution in [3.63, 3.8) is 0 Å². The number of hydrogen-bond acceptors (Lipinski definition) is 2. The Labute approximate surface area is 110 Å². The van der Waals surface area contributed by atoms with Gasteiger partial charge in [-0.15, -0.1) is 0 Å². The van der Waals surface area contributed by atoms with Gasteiger partial charge in [-0.1, -0.05) is 23.7 Å². The van der Waals surface area contributed by atoms with Crippen LogP contribution >= 0.6 is 11.6 Å². The van der Waals surface area contributed by atoms with Crippen LogP contribution < -0.4 is 5.73 Å². The van der Waals surface area contributed by atoms with E-state index in [2.05, 4.69) is 0 Å². The number of nitrogens with two attached hydrogens (primary N) is 1. The molecule has 0 fully saturated rings. The Morgan fingerprint density at radius 3 is 2.42 bits per heavy atom. The van der Waals surface area contributed by atoms with Crippen molar-refractivity contribution >= 4 is 17.5 Å². The monoisotopic (exact) mass is 289 g/mol. The maximum atomic E-state index is 12.6. The standard InChI is InChI=1S/C12H7ClF3NO2/c13-8-4-2-1-3-6(8)10-7(11(17)18)5-9(19-10)12(14,15)16/h1-5H,(H2,17,18). The van der Waals surface area contributed by atoms with Crippen molar-refractivity contribution in [1.29, 1.82) is 0 Å². The van der Waals surface area contributed by atoms with Gasteiger partial charge in [0, 0.05) is 11.6 Å². The number of alkyl halides is 3. The molecule has 2 N–H and O–H groups in total. The molecule has 1 aromatic heterocycles. The average Bonchev–Trinajstić information content (AvgIpc) is 2.74. The number of amides is 1. The number of rotatable bonds is 2. The molecule has 19 heavy (non-hydrogen) atoms. The highest BCUT2D eigenvalue weighted by Gasteiger charge is 2.37.